The fourth-order valence-electron chi connectivity index (χ4n) is 3.17. The van der Waals surface area contributed by atoms with Crippen molar-refractivity contribution in [2.24, 2.45) is 0 Å². The van der Waals surface area contributed by atoms with Gasteiger partial charge in [0.2, 0.25) is 0 Å². The maximum atomic E-state index is 2.31. The monoisotopic (exact) mass is 235 g/mol. The smallest absolute Gasteiger partial charge is 0.0262 e. The molecule has 0 spiro atoms. The van der Waals surface area contributed by atoms with Crippen LogP contribution < -0.4 is 0 Å². The van der Waals surface area contributed by atoms with Crippen LogP contribution in [0.1, 0.15) is 37.3 Å². The second-order valence-corrected chi connectivity index (χ2v) is 5.09. The fourth-order valence-corrected chi connectivity index (χ4v) is 3.17. The lowest BCUT2D eigenvalue weighted by atomic mass is 9.69. The average molecular weight is 235 g/mol. The Morgan fingerprint density at radius 1 is 0.778 bits per heavy atom. The van der Waals surface area contributed by atoms with Crippen molar-refractivity contribution in [3.8, 4) is 0 Å². The molecular formula is C18H19. The van der Waals surface area contributed by atoms with Crippen molar-refractivity contribution in [1.82, 2.24) is 0 Å². The van der Waals surface area contributed by atoms with E-state index in [2.05, 4.69) is 67.6 Å². The van der Waals surface area contributed by atoms with Crippen LogP contribution in [0.3, 0.4) is 0 Å². The minimum absolute atomic E-state index is 0.155. The quantitative estimate of drug-likeness (QED) is 0.717. The molecule has 1 aliphatic rings. The van der Waals surface area contributed by atoms with E-state index in [0.29, 0.717) is 0 Å². The normalized spacial score (nSPS) is 15.6. The summed E-state index contributed by atoms with van der Waals surface area (Å²) in [6.07, 6.45) is 3.73. The molecule has 0 heteroatoms. The van der Waals surface area contributed by atoms with E-state index in [9.17, 15) is 0 Å². The molecule has 1 aliphatic carbocycles. The molecule has 0 heterocycles. The van der Waals surface area contributed by atoms with Gasteiger partial charge < -0.3 is 0 Å². The van der Waals surface area contributed by atoms with Crippen LogP contribution in [0.25, 0.3) is 0 Å². The zero-order chi connectivity index (χ0) is 12.4. The molecule has 0 amide bonds. The molecule has 91 valence electrons. The SMILES string of the molecule is CCC([C]1CC1)(c1ccccc1)c1ccccc1. The third-order valence-electron chi connectivity index (χ3n) is 4.17. The van der Waals surface area contributed by atoms with Crippen LogP contribution in [-0.2, 0) is 5.41 Å². The molecule has 0 nitrogen and oxygen atoms in total. The van der Waals surface area contributed by atoms with E-state index < -0.39 is 0 Å². The second-order valence-electron chi connectivity index (χ2n) is 5.09. The van der Waals surface area contributed by atoms with Gasteiger partial charge in [0.1, 0.15) is 0 Å². The van der Waals surface area contributed by atoms with E-state index in [1.807, 2.05) is 0 Å². The van der Waals surface area contributed by atoms with Crippen LogP contribution >= 0.6 is 0 Å². The van der Waals surface area contributed by atoms with Gasteiger partial charge in [-0.05, 0) is 36.3 Å². The van der Waals surface area contributed by atoms with Crippen molar-refractivity contribution in [1.29, 1.82) is 0 Å². The minimum atomic E-state index is 0.155. The summed E-state index contributed by atoms with van der Waals surface area (Å²) in [6.45, 7) is 2.31. The van der Waals surface area contributed by atoms with E-state index >= 15 is 0 Å². The Morgan fingerprint density at radius 2 is 1.22 bits per heavy atom. The molecule has 0 aliphatic heterocycles. The molecule has 1 radical (unpaired) electrons. The third-order valence-corrected chi connectivity index (χ3v) is 4.17. The van der Waals surface area contributed by atoms with Gasteiger partial charge in [0, 0.05) is 5.41 Å². The molecule has 18 heavy (non-hydrogen) atoms. The Bertz CT molecular complexity index is 455. The first-order valence-electron chi connectivity index (χ1n) is 6.84. The van der Waals surface area contributed by atoms with E-state index in [0.717, 1.165) is 6.42 Å². The predicted octanol–water partition coefficient (Wildman–Crippen LogP) is 4.75. The summed E-state index contributed by atoms with van der Waals surface area (Å²) >= 11 is 0. The van der Waals surface area contributed by atoms with Gasteiger partial charge in [-0.15, -0.1) is 0 Å². The topological polar surface area (TPSA) is 0 Å². The largest absolute Gasteiger partial charge is 0.0642 e. The fraction of sp³-hybridized carbons (Fsp3) is 0.278. The molecule has 0 saturated heterocycles. The first-order valence-corrected chi connectivity index (χ1v) is 6.84. The molecular weight excluding hydrogens is 216 g/mol. The van der Waals surface area contributed by atoms with Crippen LogP contribution in [-0.4, -0.2) is 0 Å². The zero-order valence-corrected chi connectivity index (χ0v) is 10.9. The summed E-state index contributed by atoms with van der Waals surface area (Å²) in [5, 5.41) is 0. The number of hydrogen-bond acceptors (Lipinski definition) is 0. The summed E-state index contributed by atoms with van der Waals surface area (Å²) < 4.78 is 0. The molecule has 2 aromatic rings. The summed E-state index contributed by atoms with van der Waals surface area (Å²) in [5.41, 5.74) is 3.06. The van der Waals surface area contributed by atoms with Crippen molar-refractivity contribution >= 4 is 0 Å². The summed E-state index contributed by atoms with van der Waals surface area (Å²) in [6, 6.07) is 22.0. The van der Waals surface area contributed by atoms with Crippen molar-refractivity contribution in [2.45, 2.75) is 31.6 Å². The van der Waals surface area contributed by atoms with Crippen LogP contribution in [0.15, 0.2) is 60.7 Å². The van der Waals surface area contributed by atoms with Gasteiger partial charge in [-0.2, -0.15) is 0 Å². The number of hydrogen-bond donors (Lipinski definition) is 0. The van der Waals surface area contributed by atoms with Gasteiger partial charge in [-0.25, -0.2) is 0 Å². The van der Waals surface area contributed by atoms with Crippen LogP contribution in [0.5, 0.6) is 0 Å². The van der Waals surface area contributed by atoms with Gasteiger partial charge in [0.05, 0.1) is 0 Å². The molecule has 0 atom stereocenters. The van der Waals surface area contributed by atoms with Gasteiger partial charge in [0.15, 0.2) is 0 Å². The molecule has 0 N–H and O–H groups in total. The highest BCUT2D eigenvalue weighted by Crippen LogP contribution is 2.55. The highest BCUT2D eigenvalue weighted by molar-refractivity contribution is 5.49. The van der Waals surface area contributed by atoms with Crippen LogP contribution in [0.4, 0.5) is 0 Å². The van der Waals surface area contributed by atoms with Crippen molar-refractivity contribution in [3.63, 3.8) is 0 Å². The average Bonchev–Trinajstić information content (AvgIpc) is 3.28. The van der Waals surface area contributed by atoms with Crippen LogP contribution in [0.2, 0.25) is 0 Å². The van der Waals surface area contributed by atoms with Gasteiger partial charge in [-0.3, -0.25) is 0 Å². The summed E-state index contributed by atoms with van der Waals surface area (Å²) in [5.74, 6) is 1.70. The zero-order valence-electron chi connectivity index (χ0n) is 10.9. The van der Waals surface area contributed by atoms with E-state index in [1.165, 1.54) is 24.0 Å². The Hall–Kier alpha value is -1.56. The molecule has 0 unspecified atom stereocenters. The maximum Gasteiger partial charge on any atom is 0.0262 e. The maximum absolute atomic E-state index is 2.31. The molecule has 0 aromatic heterocycles. The van der Waals surface area contributed by atoms with E-state index in [4.69, 9.17) is 0 Å². The molecule has 2 aromatic carbocycles. The van der Waals surface area contributed by atoms with Crippen LogP contribution in [0, 0.1) is 5.92 Å². The lowest BCUT2D eigenvalue weighted by molar-refractivity contribution is 0.557. The number of benzene rings is 2. The minimum Gasteiger partial charge on any atom is -0.0642 e. The van der Waals surface area contributed by atoms with E-state index in [1.54, 1.807) is 5.92 Å². The van der Waals surface area contributed by atoms with Gasteiger partial charge in [-0.1, -0.05) is 67.6 Å². The van der Waals surface area contributed by atoms with Gasteiger partial charge in [0.25, 0.3) is 0 Å². The van der Waals surface area contributed by atoms with Crippen molar-refractivity contribution in [2.75, 3.05) is 0 Å². The lowest BCUT2D eigenvalue weighted by Crippen LogP contribution is -2.28. The molecule has 1 saturated carbocycles. The molecule has 0 bridgehead atoms. The van der Waals surface area contributed by atoms with E-state index in [-0.39, 0.29) is 5.41 Å². The Kier molecular flexibility index (Phi) is 2.95. The van der Waals surface area contributed by atoms with Crippen molar-refractivity contribution in [3.05, 3.63) is 77.7 Å². The second kappa shape index (κ2) is 4.61. The van der Waals surface area contributed by atoms with Crippen molar-refractivity contribution < 1.29 is 0 Å². The highest BCUT2D eigenvalue weighted by atomic mass is 14.5. The lowest BCUT2D eigenvalue weighted by Gasteiger charge is -2.34. The first-order chi connectivity index (χ1) is 8.88. The predicted molar refractivity (Wildman–Crippen MR) is 76.4 cm³/mol. The molecule has 1 fully saturated rings. The Balaban J connectivity index is 2.15. The number of rotatable bonds is 4. The standard InChI is InChI=1S/C18H19/c1-2-18(17-13-14-17,15-9-5-3-6-10-15)16-11-7-4-8-12-16/h3-12H,2,13-14H2,1H3. The Morgan fingerprint density at radius 3 is 1.56 bits per heavy atom. The third kappa shape index (κ3) is 1.77. The Labute approximate surface area is 110 Å². The summed E-state index contributed by atoms with van der Waals surface area (Å²) in [7, 11) is 0. The first kappa shape index (κ1) is 11.5. The molecule has 3 rings (SSSR count). The highest BCUT2D eigenvalue weighted by Gasteiger charge is 2.46. The summed E-state index contributed by atoms with van der Waals surface area (Å²) in [4.78, 5) is 0. The van der Waals surface area contributed by atoms with Gasteiger partial charge >= 0.3 is 0 Å².